The zero-order valence-electron chi connectivity index (χ0n) is 14.6. The summed E-state index contributed by atoms with van der Waals surface area (Å²) in [5, 5.41) is 3.22. The van der Waals surface area contributed by atoms with E-state index in [4.69, 9.17) is 0 Å². The Balaban J connectivity index is 1.57. The molecule has 0 radical (unpaired) electrons. The second-order valence-electron chi connectivity index (χ2n) is 8.08. The SMILES string of the molecule is Cn1[nH]c(=O)c2c(C(=O)N3C[C@H]4CCCC[C@H]4C3)cc(C3CC3)nc21. The second kappa shape index (κ2) is 5.44. The second-order valence-corrected chi connectivity index (χ2v) is 8.08. The van der Waals surface area contributed by atoms with E-state index in [1.54, 1.807) is 11.7 Å². The van der Waals surface area contributed by atoms with Crippen molar-refractivity contribution in [1.82, 2.24) is 19.7 Å². The van der Waals surface area contributed by atoms with Crippen molar-refractivity contribution in [2.75, 3.05) is 13.1 Å². The molecule has 6 heteroatoms. The standard InChI is InChI=1S/C19H24N4O2/c1-22-17-16(18(24)21-22)14(8-15(20-17)11-6-7-11)19(25)23-9-12-4-2-3-5-13(12)10-23/h8,11-13H,2-7,9-10H2,1H3,(H,21,24)/t12-,13+. The minimum atomic E-state index is -0.215. The Bertz CT molecular complexity index is 894. The predicted molar refractivity (Wildman–Crippen MR) is 94.7 cm³/mol. The maximum Gasteiger partial charge on any atom is 0.274 e. The molecule has 3 heterocycles. The van der Waals surface area contributed by atoms with Crippen molar-refractivity contribution >= 4 is 16.9 Å². The number of carbonyl (C=O) groups excluding carboxylic acids is 1. The third kappa shape index (κ3) is 2.41. The Morgan fingerprint density at radius 3 is 2.48 bits per heavy atom. The van der Waals surface area contributed by atoms with Crippen LogP contribution in [0.25, 0.3) is 11.0 Å². The van der Waals surface area contributed by atoms with Gasteiger partial charge >= 0.3 is 0 Å². The summed E-state index contributed by atoms with van der Waals surface area (Å²) in [5.41, 5.74) is 1.90. The monoisotopic (exact) mass is 340 g/mol. The molecule has 3 aliphatic rings. The first-order valence-corrected chi connectivity index (χ1v) is 9.50. The molecule has 2 atom stereocenters. The molecule has 0 spiro atoms. The molecule has 1 amide bonds. The fourth-order valence-electron chi connectivity index (χ4n) is 4.78. The van der Waals surface area contributed by atoms with Gasteiger partial charge in [0.2, 0.25) is 0 Å². The van der Waals surface area contributed by atoms with E-state index in [0.717, 1.165) is 31.6 Å². The van der Waals surface area contributed by atoms with E-state index in [1.165, 1.54) is 25.7 Å². The van der Waals surface area contributed by atoms with Gasteiger partial charge in [0.25, 0.3) is 11.5 Å². The maximum absolute atomic E-state index is 13.3. The number of aromatic amines is 1. The van der Waals surface area contributed by atoms with E-state index in [9.17, 15) is 9.59 Å². The highest BCUT2D eigenvalue weighted by atomic mass is 16.2. The van der Waals surface area contributed by atoms with Crippen molar-refractivity contribution < 1.29 is 4.79 Å². The number of likely N-dealkylation sites (tertiary alicyclic amines) is 1. The van der Waals surface area contributed by atoms with Crippen LogP contribution in [0.1, 0.15) is 60.5 Å². The summed E-state index contributed by atoms with van der Waals surface area (Å²) in [4.78, 5) is 32.3. The topological polar surface area (TPSA) is 71.0 Å². The van der Waals surface area contributed by atoms with Crippen LogP contribution in [0, 0.1) is 11.8 Å². The van der Waals surface area contributed by atoms with E-state index >= 15 is 0 Å². The van der Waals surface area contributed by atoms with Gasteiger partial charge in [0.15, 0.2) is 5.65 Å². The van der Waals surface area contributed by atoms with Gasteiger partial charge in [-0.15, -0.1) is 0 Å². The molecule has 1 N–H and O–H groups in total. The van der Waals surface area contributed by atoms with Crippen LogP contribution in [0.3, 0.4) is 0 Å². The molecule has 3 fully saturated rings. The zero-order chi connectivity index (χ0) is 17.1. The molecule has 0 unspecified atom stereocenters. The number of rotatable bonds is 2. The first-order chi connectivity index (χ1) is 12.1. The summed E-state index contributed by atoms with van der Waals surface area (Å²) in [7, 11) is 1.78. The molecule has 6 nitrogen and oxygen atoms in total. The van der Waals surface area contributed by atoms with Crippen LogP contribution < -0.4 is 5.56 Å². The first-order valence-electron chi connectivity index (χ1n) is 9.50. The van der Waals surface area contributed by atoms with Gasteiger partial charge < -0.3 is 4.90 Å². The Kier molecular flexibility index (Phi) is 3.30. The van der Waals surface area contributed by atoms with Gasteiger partial charge in [-0.25, -0.2) is 4.98 Å². The Morgan fingerprint density at radius 1 is 1.16 bits per heavy atom. The number of carbonyl (C=O) groups is 1. The van der Waals surface area contributed by atoms with Crippen molar-refractivity contribution in [3.63, 3.8) is 0 Å². The van der Waals surface area contributed by atoms with E-state index in [-0.39, 0.29) is 11.5 Å². The molecule has 5 rings (SSSR count). The summed E-state index contributed by atoms with van der Waals surface area (Å²) in [5.74, 6) is 1.75. The largest absolute Gasteiger partial charge is 0.338 e. The van der Waals surface area contributed by atoms with E-state index in [0.29, 0.717) is 34.4 Å². The molecule has 0 aromatic carbocycles. The van der Waals surface area contributed by atoms with E-state index in [1.807, 2.05) is 11.0 Å². The fourth-order valence-corrected chi connectivity index (χ4v) is 4.78. The molecule has 25 heavy (non-hydrogen) atoms. The van der Waals surface area contributed by atoms with Crippen molar-refractivity contribution in [3.8, 4) is 0 Å². The number of hydrogen-bond acceptors (Lipinski definition) is 3. The number of nitrogens with one attached hydrogen (secondary N) is 1. The lowest BCUT2D eigenvalue weighted by Crippen LogP contribution is -2.30. The third-order valence-electron chi connectivity index (χ3n) is 6.32. The van der Waals surface area contributed by atoms with Crippen LogP contribution in [-0.4, -0.2) is 38.7 Å². The van der Waals surface area contributed by atoms with Crippen LogP contribution >= 0.6 is 0 Å². The van der Waals surface area contributed by atoms with Gasteiger partial charge in [-0.2, -0.15) is 0 Å². The highest BCUT2D eigenvalue weighted by Gasteiger charge is 2.38. The van der Waals surface area contributed by atoms with Crippen molar-refractivity contribution in [2.45, 2.75) is 44.4 Å². The average Bonchev–Trinajstić information content (AvgIpc) is 3.31. The van der Waals surface area contributed by atoms with Crippen molar-refractivity contribution in [2.24, 2.45) is 18.9 Å². The quantitative estimate of drug-likeness (QED) is 0.912. The molecular weight excluding hydrogens is 316 g/mol. The minimum absolute atomic E-state index is 0.0143. The zero-order valence-corrected chi connectivity index (χ0v) is 14.6. The number of fused-ring (bicyclic) bond motifs is 2. The summed E-state index contributed by atoms with van der Waals surface area (Å²) in [6.45, 7) is 1.69. The summed E-state index contributed by atoms with van der Waals surface area (Å²) >= 11 is 0. The molecule has 1 aliphatic heterocycles. The van der Waals surface area contributed by atoms with Gasteiger partial charge in [-0.3, -0.25) is 19.4 Å². The Morgan fingerprint density at radius 2 is 1.84 bits per heavy atom. The van der Waals surface area contributed by atoms with Crippen LogP contribution in [0.2, 0.25) is 0 Å². The highest BCUT2D eigenvalue weighted by Crippen LogP contribution is 2.41. The fraction of sp³-hybridized carbons (Fsp3) is 0.632. The van der Waals surface area contributed by atoms with Gasteiger partial charge in [0, 0.05) is 31.7 Å². The van der Waals surface area contributed by atoms with Crippen molar-refractivity contribution in [3.05, 3.63) is 27.7 Å². The number of nitrogens with zero attached hydrogens (tertiary/aromatic N) is 3. The first kappa shape index (κ1) is 15.2. The predicted octanol–water partition coefficient (Wildman–Crippen LogP) is 2.40. The third-order valence-corrected chi connectivity index (χ3v) is 6.32. The summed E-state index contributed by atoms with van der Waals surface area (Å²) in [6.07, 6.45) is 7.29. The summed E-state index contributed by atoms with van der Waals surface area (Å²) < 4.78 is 1.64. The van der Waals surface area contributed by atoms with Crippen molar-refractivity contribution in [1.29, 1.82) is 0 Å². The van der Waals surface area contributed by atoms with Crippen LogP contribution in [-0.2, 0) is 7.05 Å². The number of aromatic nitrogens is 3. The molecule has 0 bridgehead atoms. The number of H-pyrrole nitrogens is 1. The summed E-state index contributed by atoms with van der Waals surface area (Å²) in [6, 6.07) is 1.89. The lowest BCUT2D eigenvalue weighted by molar-refractivity contribution is 0.0785. The van der Waals surface area contributed by atoms with E-state index in [2.05, 4.69) is 10.1 Å². The van der Waals surface area contributed by atoms with Gasteiger partial charge in [0.05, 0.1) is 10.9 Å². The smallest absolute Gasteiger partial charge is 0.274 e. The lowest BCUT2D eigenvalue weighted by atomic mass is 9.82. The number of hydrogen-bond donors (Lipinski definition) is 1. The van der Waals surface area contributed by atoms with Gasteiger partial charge in [0.1, 0.15) is 0 Å². The highest BCUT2D eigenvalue weighted by molar-refractivity contribution is 6.05. The maximum atomic E-state index is 13.3. The minimum Gasteiger partial charge on any atom is -0.338 e. The number of amides is 1. The Hall–Kier alpha value is -2.11. The molecule has 2 aromatic heterocycles. The Labute approximate surface area is 146 Å². The number of pyridine rings is 1. The molecule has 2 aromatic rings. The molecule has 132 valence electrons. The van der Waals surface area contributed by atoms with Crippen LogP contribution in [0.4, 0.5) is 0 Å². The normalized spacial score (nSPS) is 26.2. The van der Waals surface area contributed by atoms with Gasteiger partial charge in [-0.1, -0.05) is 12.8 Å². The van der Waals surface area contributed by atoms with Crippen LogP contribution in [0.15, 0.2) is 10.9 Å². The molecule has 1 saturated heterocycles. The molecule has 2 aliphatic carbocycles. The lowest BCUT2D eigenvalue weighted by Gasteiger charge is -2.22. The van der Waals surface area contributed by atoms with Gasteiger partial charge in [-0.05, 0) is 43.6 Å². The molecule has 2 saturated carbocycles. The average molecular weight is 340 g/mol. The van der Waals surface area contributed by atoms with Crippen LogP contribution in [0.5, 0.6) is 0 Å². The molecular formula is C19H24N4O2. The van der Waals surface area contributed by atoms with E-state index < -0.39 is 0 Å². The number of aryl methyl sites for hydroxylation is 1.